The van der Waals surface area contributed by atoms with E-state index in [0.29, 0.717) is 12.1 Å². The molecule has 0 bridgehead atoms. The number of urea groups is 1. The molecular weight excluding hydrogens is 666 g/mol. The molecule has 4 rings (SSSR count). The van der Waals surface area contributed by atoms with Gasteiger partial charge >= 0.3 is 6.03 Å². The minimum absolute atomic E-state index is 0.0507. The van der Waals surface area contributed by atoms with E-state index >= 15 is 0 Å². The molecule has 6 atom stereocenters. The Labute approximate surface area is 306 Å². The second-order valence-electron chi connectivity index (χ2n) is 17.5. The molecule has 2 aliphatic carbocycles. The number of hydrogen-bond donors (Lipinski definition) is 5. The van der Waals surface area contributed by atoms with Crippen molar-refractivity contribution in [3.8, 4) is 0 Å². The highest BCUT2D eigenvalue weighted by atomic mass is 16.2. The van der Waals surface area contributed by atoms with Gasteiger partial charge in [0, 0.05) is 26.2 Å². The molecule has 2 saturated carbocycles. The molecule has 1 aromatic carbocycles. The average molecular weight is 724 g/mol. The summed E-state index contributed by atoms with van der Waals surface area (Å²) in [4.78, 5) is 96.6. The summed E-state index contributed by atoms with van der Waals surface area (Å²) in [6, 6.07) is 4.16. The number of amides is 7. The van der Waals surface area contributed by atoms with Crippen LogP contribution in [0.5, 0.6) is 0 Å². The van der Waals surface area contributed by atoms with Crippen molar-refractivity contribution in [2.45, 2.75) is 104 Å². The van der Waals surface area contributed by atoms with Gasteiger partial charge in [0.1, 0.15) is 18.1 Å². The first-order chi connectivity index (χ1) is 24.0. The fourth-order valence-corrected chi connectivity index (χ4v) is 7.12. The van der Waals surface area contributed by atoms with Gasteiger partial charge in [0.25, 0.3) is 5.91 Å². The Morgan fingerprint density at radius 2 is 1.52 bits per heavy atom. The van der Waals surface area contributed by atoms with Crippen molar-refractivity contribution >= 4 is 41.4 Å². The number of carbonyl (C=O) groups is 7. The highest BCUT2D eigenvalue weighted by Gasteiger charge is 2.70. The van der Waals surface area contributed by atoms with Crippen LogP contribution in [-0.2, 0) is 28.8 Å². The predicted octanol–water partition coefficient (Wildman–Crippen LogP) is 1.90. The minimum Gasteiger partial charge on any atom is -0.347 e. The molecule has 14 nitrogen and oxygen atoms in total. The molecule has 3 unspecified atom stereocenters. The van der Waals surface area contributed by atoms with E-state index in [4.69, 9.17) is 0 Å². The topological polar surface area (TPSA) is 186 Å². The fourth-order valence-electron chi connectivity index (χ4n) is 7.12. The number of fused-ring (bicyclic) bond motifs is 1. The Bertz CT molecular complexity index is 1560. The van der Waals surface area contributed by atoms with Gasteiger partial charge in [-0.2, -0.15) is 0 Å². The minimum atomic E-state index is -1.16. The van der Waals surface area contributed by atoms with Gasteiger partial charge in [0.05, 0.1) is 12.6 Å². The van der Waals surface area contributed by atoms with E-state index in [0.717, 1.165) is 12.8 Å². The second-order valence-corrected chi connectivity index (χ2v) is 17.5. The quantitative estimate of drug-likeness (QED) is 0.192. The van der Waals surface area contributed by atoms with Crippen LogP contribution in [0.1, 0.15) is 86.3 Å². The van der Waals surface area contributed by atoms with Crippen LogP contribution in [0.15, 0.2) is 30.3 Å². The van der Waals surface area contributed by atoms with Gasteiger partial charge in [0.2, 0.25) is 29.4 Å². The van der Waals surface area contributed by atoms with Crippen molar-refractivity contribution in [1.82, 2.24) is 36.4 Å². The first kappa shape index (κ1) is 40.3. The number of nitrogens with one attached hydrogen (secondary N) is 5. The highest BCUT2D eigenvalue weighted by molar-refractivity contribution is 6.38. The van der Waals surface area contributed by atoms with Crippen molar-refractivity contribution < 1.29 is 33.6 Å². The summed E-state index contributed by atoms with van der Waals surface area (Å²) in [5, 5.41) is 13.5. The highest BCUT2D eigenvalue weighted by Crippen LogP contribution is 2.65. The van der Waals surface area contributed by atoms with Crippen LogP contribution < -0.4 is 26.6 Å². The van der Waals surface area contributed by atoms with Gasteiger partial charge in [-0.3, -0.25) is 28.8 Å². The Kier molecular flexibility index (Phi) is 11.8. The van der Waals surface area contributed by atoms with E-state index < -0.39 is 77.1 Å². The lowest BCUT2D eigenvalue weighted by atomic mass is 9.85. The maximum absolute atomic E-state index is 14.2. The molecule has 7 amide bonds. The lowest BCUT2D eigenvalue weighted by molar-refractivity contribution is -0.145. The number of carbonyl (C=O) groups excluding carboxylic acids is 7. The predicted molar refractivity (Wildman–Crippen MR) is 194 cm³/mol. The number of piperidine rings is 1. The number of likely N-dealkylation sites (tertiary alicyclic amines) is 1. The van der Waals surface area contributed by atoms with Crippen LogP contribution in [0.2, 0.25) is 0 Å². The average Bonchev–Trinajstić information content (AvgIpc) is 3.90. The van der Waals surface area contributed by atoms with E-state index in [1.54, 1.807) is 44.4 Å². The van der Waals surface area contributed by atoms with E-state index in [9.17, 15) is 33.6 Å². The van der Waals surface area contributed by atoms with Crippen molar-refractivity contribution in [2.75, 3.05) is 27.2 Å². The molecule has 286 valence electrons. The van der Waals surface area contributed by atoms with Gasteiger partial charge in [-0.15, -0.1) is 0 Å². The van der Waals surface area contributed by atoms with Gasteiger partial charge in [-0.1, -0.05) is 77.8 Å². The Hall–Kier alpha value is -4.49. The van der Waals surface area contributed by atoms with Crippen LogP contribution in [0.4, 0.5) is 4.79 Å². The number of ketones is 1. The molecule has 14 heteroatoms. The number of benzene rings is 1. The first-order valence-electron chi connectivity index (χ1n) is 18.1. The number of rotatable bonds is 13. The largest absolute Gasteiger partial charge is 0.347 e. The zero-order valence-electron chi connectivity index (χ0n) is 32.2. The number of likely N-dealkylation sites (N-methyl/N-ethyl adjacent to an activating group) is 1. The van der Waals surface area contributed by atoms with Crippen molar-refractivity contribution in [3.05, 3.63) is 35.9 Å². The van der Waals surface area contributed by atoms with Gasteiger partial charge in [0.15, 0.2) is 0 Å². The third-order valence-electron chi connectivity index (χ3n) is 10.3. The van der Waals surface area contributed by atoms with Crippen LogP contribution in [0.3, 0.4) is 0 Å². The van der Waals surface area contributed by atoms with Crippen LogP contribution in [0, 0.1) is 28.6 Å². The third kappa shape index (κ3) is 9.68. The molecule has 1 heterocycles. The summed E-state index contributed by atoms with van der Waals surface area (Å²) in [5.74, 6) is -3.87. The molecule has 0 radical (unpaired) electrons. The third-order valence-corrected chi connectivity index (χ3v) is 10.3. The molecular formula is C38H57N7O7. The van der Waals surface area contributed by atoms with E-state index in [-0.39, 0.29) is 35.5 Å². The zero-order valence-corrected chi connectivity index (χ0v) is 32.2. The van der Waals surface area contributed by atoms with E-state index in [2.05, 4.69) is 26.6 Å². The summed E-state index contributed by atoms with van der Waals surface area (Å²) in [6.45, 7) is 14.9. The summed E-state index contributed by atoms with van der Waals surface area (Å²) in [7, 11) is 3.13. The summed E-state index contributed by atoms with van der Waals surface area (Å²) in [6.07, 6.45) is 1.95. The van der Waals surface area contributed by atoms with Crippen molar-refractivity contribution in [3.63, 3.8) is 0 Å². The molecule has 1 aliphatic heterocycles. The molecule has 0 aromatic heterocycles. The van der Waals surface area contributed by atoms with E-state index in [1.807, 2.05) is 55.4 Å². The monoisotopic (exact) mass is 723 g/mol. The summed E-state index contributed by atoms with van der Waals surface area (Å²) >= 11 is 0. The van der Waals surface area contributed by atoms with Gasteiger partial charge in [-0.25, -0.2) is 4.79 Å². The molecule has 0 spiro atoms. The number of Topliss-reactive ketones (excluding diaryl/α,β-unsaturated/α-hetero) is 1. The molecule has 1 saturated heterocycles. The molecule has 52 heavy (non-hydrogen) atoms. The zero-order chi connectivity index (χ0) is 38.9. The van der Waals surface area contributed by atoms with Crippen molar-refractivity contribution in [2.24, 2.45) is 28.6 Å². The standard InChI is InChI=1S/C38H57N7O7/c1-36(2,3)30(42-35(52)43-37(4,5)6)34(51)45-20-23-26(38(23,7)8)28(45)31(48)40-24(18-21-16-17-21)29(47)32(49)39-19-25(46)41-27(33(50)44(9)10)22-14-12-11-13-15-22/h11-15,21,23-24,26-28,30H,16-20H2,1-10H3,(H,39,49)(H,40,48)(H,41,46)(H2,42,43,52)/t23-,24?,26?,27-,28?,30+/m0/s1. The van der Waals surface area contributed by atoms with Gasteiger partial charge in [-0.05, 0) is 61.3 Å². The van der Waals surface area contributed by atoms with Crippen LogP contribution in [-0.4, -0.2) is 102 Å². The second kappa shape index (κ2) is 15.2. The molecule has 3 aliphatic rings. The Morgan fingerprint density at radius 3 is 2.06 bits per heavy atom. The maximum Gasteiger partial charge on any atom is 0.315 e. The summed E-state index contributed by atoms with van der Waals surface area (Å²) in [5.41, 5.74) is -0.890. The SMILES string of the molecule is CN(C)C(=O)[C@@H](NC(=O)CNC(=O)C(=O)C(CC1CC1)NC(=O)C1C2[C@H](CN1C(=O)[C@@H](NC(=O)NC(C)(C)C)C(C)(C)C)C2(C)C)c1ccccc1. The van der Waals surface area contributed by atoms with Crippen molar-refractivity contribution in [1.29, 1.82) is 0 Å². The maximum atomic E-state index is 14.2. The Balaban J connectivity index is 1.46. The first-order valence-corrected chi connectivity index (χ1v) is 18.1. The molecule has 5 N–H and O–H groups in total. The Morgan fingerprint density at radius 1 is 0.904 bits per heavy atom. The van der Waals surface area contributed by atoms with Crippen LogP contribution in [0.25, 0.3) is 0 Å². The lowest BCUT2D eigenvalue weighted by Crippen LogP contribution is -2.62. The molecule has 3 fully saturated rings. The van der Waals surface area contributed by atoms with E-state index in [1.165, 1.54) is 9.80 Å². The number of nitrogens with zero attached hydrogens (tertiary/aromatic N) is 2. The molecule has 1 aromatic rings. The smallest absolute Gasteiger partial charge is 0.315 e. The normalized spacial score (nSPS) is 22.1. The fraction of sp³-hybridized carbons (Fsp3) is 0.658. The lowest BCUT2D eigenvalue weighted by Gasteiger charge is -2.38. The summed E-state index contributed by atoms with van der Waals surface area (Å²) < 4.78 is 0. The number of hydrogen-bond acceptors (Lipinski definition) is 7. The van der Waals surface area contributed by atoms with Gasteiger partial charge < -0.3 is 36.4 Å². The van der Waals surface area contributed by atoms with Crippen LogP contribution >= 0.6 is 0 Å².